The number of hydrogen-bond donors (Lipinski definition) is 1. The van der Waals surface area contributed by atoms with Crippen LogP contribution in [-0.2, 0) is 14.9 Å². The fraction of sp³-hybridized carbons (Fsp3) is 0.667. The third kappa shape index (κ3) is 3.51. The molecule has 26 heavy (non-hydrogen) atoms. The van der Waals surface area contributed by atoms with E-state index in [9.17, 15) is 4.79 Å². The van der Waals surface area contributed by atoms with Crippen molar-refractivity contribution in [3.05, 3.63) is 35.4 Å². The van der Waals surface area contributed by atoms with Crippen molar-refractivity contribution in [3.8, 4) is 0 Å². The summed E-state index contributed by atoms with van der Waals surface area (Å²) in [6.07, 6.45) is 3.90. The van der Waals surface area contributed by atoms with Crippen LogP contribution in [0.4, 0.5) is 0 Å². The summed E-state index contributed by atoms with van der Waals surface area (Å²) >= 11 is 0. The summed E-state index contributed by atoms with van der Waals surface area (Å²) in [5.74, 6) is 1.85. The zero-order chi connectivity index (χ0) is 17.3. The van der Waals surface area contributed by atoms with Crippen molar-refractivity contribution in [2.75, 3.05) is 39.4 Å². The van der Waals surface area contributed by atoms with Gasteiger partial charge in [0.2, 0.25) is 5.91 Å². The number of aryl methyl sites for hydroxylation is 1. The maximum Gasteiger partial charge on any atom is 0.233 e. The summed E-state index contributed by atoms with van der Waals surface area (Å²) in [7, 11) is 0. The minimum absolute atomic E-state index is 0. The predicted octanol–water partition coefficient (Wildman–Crippen LogP) is 2.92. The van der Waals surface area contributed by atoms with Gasteiger partial charge in [-0.25, -0.2) is 0 Å². The van der Waals surface area contributed by atoms with Gasteiger partial charge in [0.25, 0.3) is 0 Å². The van der Waals surface area contributed by atoms with Crippen molar-refractivity contribution in [3.63, 3.8) is 0 Å². The number of halogens is 1. The molecule has 0 unspecified atom stereocenters. The van der Waals surface area contributed by atoms with Crippen LogP contribution in [0.1, 0.15) is 36.8 Å². The highest BCUT2D eigenvalue weighted by Gasteiger charge is 2.45. The highest BCUT2D eigenvalue weighted by Crippen LogP contribution is 2.39. The molecular weight excluding hydrogens is 348 g/mol. The van der Waals surface area contributed by atoms with E-state index in [1.807, 2.05) is 0 Å². The number of hydrogen-bond acceptors (Lipinski definition) is 3. The van der Waals surface area contributed by atoms with Gasteiger partial charge in [-0.1, -0.05) is 24.3 Å². The maximum atomic E-state index is 13.8. The highest BCUT2D eigenvalue weighted by atomic mass is 35.5. The Bertz CT molecular complexity index is 616. The first-order valence-electron chi connectivity index (χ1n) is 9.85. The van der Waals surface area contributed by atoms with Crippen LogP contribution in [0, 0.1) is 18.8 Å². The standard InChI is InChI=1S/C21H30N2O2.ClH/c1-16-4-2-3-5-19(16)21(8-12-25-13-9-21)20(24)23-10-6-17-14-22-15-18(17)7-11-23;/h2-5,17-18,22H,6-15H2,1H3;1H/t17-,18+;. The van der Waals surface area contributed by atoms with Crippen molar-refractivity contribution in [1.29, 1.82) is 0 Å². The van der Waals surface area contributed by atoms with Gasteiger partial charge < -0.3 is 15.0 Å². The second-order valence-corrected chi connectivity index (χ2v) is 8.06. The molecule has 3 aliphatic rings. The molecule has 3 saturated heterocycles. The topological polar surface area (TPSA) is 41.6 Å². The molecule has 3 aliphatic heterocycles. The van der Waals surface area contributed by atoms with Crippen LogP contribution in [0.3, 0.4) is 0 Å². The second kappa shape index (κ2) is 8.28. The molecule has 5 heteroatoms. The van der Waals surface area contributed by atoms with Gasteiger partial charge in [0, 0.05) is 26.3 Å². The van der Waals surface area contributed by atoms with E-state index < -0.39 is 0 Å². The summed E-state index contributed by atoms with van der Waals surface area (Å²) in [6.45, 7) is 7.59. The van der Waals surface area contributed by atoms with Gasteiger partial charge in [-0.15, -0.1) is 12.4 Å². The van der Waals surface area contributed by atoms with Crippen molar-refractivity contribution < 1.29 is 9.53 Å². The summed E-state index contributed by atoms with van der Waals surface area (Å²) in [4.78, 5) is 15.9. The maximum absolute atomic E-state index is 13.8. The number of nitrogens with zero attached hydrogens (tertiary/aromatic N) is 1. The SMILES string of the molecule is Cc1ccccc1C1(C(=O)N2CC[C@@H]3CNC[C@@H]3CC2)CCOCC1.Cl. The molecule has 1 amide bonds. The van der Waals surface area contributed by atoms with Gasteiger partial charge in [-0.05, 0) is 68.7 Å². The quantitative estimate of drug-likeness (QED) is 0.860. The van der Waals surface area contributed by atoms with Crippen LogP contribution in [0.5, 0.6) is 0 Å². The van der Waals surface area contributed by atoms with Crippen molar-refractivity contribution in [2.24, 2.45) is 11.8 Å². The first-order chi connectivity index (χ1) is 12.2. The van der Waals surface area contributed by atoms with Gasteiger partial charge in [-0.2, -0.15) is 0 Å². The van der Waals surface area contributed by atoms with Gasteiger partial charge >= 0.3 is 0 Å². The number of ether oxygens (including phenoxy) is 1. The molecule has 2 atom stereocenters. The molecule has 0 saturated carbocycles. The summed E-state index contributed by atoms with van der Waals surface area (Å²) in [5.41, 5.74) is 2.06. The number of nitrogens with one attached hydrogen (secondary N) is 1. The molecule has 0 aromatic heterocycles. The van der Waals surface area contributed by atoms with Crippen LogP contribution >= 0.6 is 12.4 Å². The zero-order valence-electron chi connectivity index (χ0n) is 15.7. The summed E-state index contributed by atoms with van der Waals surface area (Å²) in [5, 5.41) is 3.52. The fourth-order valence-electron chi connectivity index (χ4n) is 5.15. The molecule has 1 aromatic rings. The van der Waals surface area contributed by atoms with Crippen LogP contribution < -0.4 is 5.32 Å². The number of fused-ring (bicyclic) bond motifs is 1. The third-order valence-corrected chi connectivity index (χ3v) is 6.72. The molecule has 4 rings (SSSR count). The predicted molar refractivity (Wildman–Crippen MR) is 106 cm³/mol. The third-order valence-electron chi connectivity index (χ3n) is 6.72. The van der Waals surface area contributed by atoms with Crippen molar-refractivity contribution in [1.82, 2.24) is 10.2 Å². The van der Waals surface area contributed by atoms with Gasteiger partial charge in [0.15, 0.2) is 0 Å². The molecule has 3 fully saturated rings. The lowest BCUT2D eigenvalue weighted by Gasteiger charge is -2.41. The number of rotatable bonds is 2. The number of likely N-dealkylation sites (tertiary alicyclic amines) is 1. The minimum Gasteiger partial charge on any atom is -0.381 e. The second-order valence-electron chi connectivity index (χ2n) is 8.06. The smallest absolute Gasteiger partial charge is 0.233 e. The monoisotopic (exact) mass is 378 g/mol. The molecule has 4 nitrogen and oxygen atoms in total. The Labute approximate surface area is 163 Å². The molecule has 0 radical (unpaired) electrons. The van der Waals surface area contributed by atoms with Crippen LogP contribution in [0.2, 0.25) is 0 Å². The van der Waals surface area contributed by atoms with Crippen molar-refractivity contribution >= 4 is 18.3 Å². The number of amides is 1. The Morgan fingerprint density at radius 3 is 2.35 bits per heavy atom. The van der Waals surface area contributed by atoms with Gasteiger partial charge in [0.05, 0.1) is 5.41 Å². The zero-order valence-corrected chi connectivity index (χ0v) is 16.5. The minimum atomic E-state index is -0.388. The van der Waals surface area contributed by atoms with E-state index in [-0.39, 0.29) is 17.8 Å². The Kier molecular flexibility index (Phi) is 6.26. The largest absolute Gasteiger partial charge is 0.381 e. The Morgan fingerprint density at radius 2 is 1.73 bits per heavy atom. The Morgan fingerprint density at radius 1 is 1.12 bits per heavy atom. The molecule has 0 aliphatic carbocycles. The van der Waals surface area contributed by atoms with E-state index in [1.165, 1.54) is 11.1 Å². The molecule has 1 N–H and O–H groups in total. The van der Waals surface area contributed by atoms with Crippen LogP contribution in [0.15, 0.2) is 24.3 Å². The van der Waals surface area contributed by atoms with E-state index in [2.05, 4.69) is 41.4 Å². The Balaban J connectivity index is 0.00000196. The average molecular weight is 379 g/mol. The number of carbonyl (C=O) groups is 1. The van der Waals surface area contributed by atoms with Gasteiger partial charge in [-0.3, -0.25) is 4.79 Å². The van der Waals surface area contributed by atoms with E-state index in [1.54, 1.807) is 0 Å². The normalized spacial score (nSPS) is 28.0. The molecule has 1 aromatic carbocycles. The first kappa shape index (κ1) is 19.7. The lowest BCUT2D eigenvalue weighted by atomic mass is 9.71. The summed E-state index contributed by atoms with van der Waals surface area (Å²) in [6, 6.07) is 8.44. The van der Waals surface area contributed by atoms with Crippen LogP contribution in [0.25, 0.3) is 0 Å². The fourth-order valence-corrected chi connectivity index (χ4v) is 5.15. The van der Waals surface area contributed by atoms with Crippen molar-refractivity contribution in [2.45, 2.75) is 38.0 Å². The molecule has 3 heterocycles. The Hall–Kier alpha value is -1.10. The molecular formula is C21H31ClN2O2. The highest BCUT2D eigenvalue weighted by molar-refractivity contribution is 5.89. The number of carbonyl (C=O) groups excluding carboxylic acids is 1. The first-order valence-corrected chi connectivity index (χ1v) is 9.85. The average Bonchev–Trinajstić information content (AvgIpc) is 3.00. The molecule has 144 valence electrons. The van der Waals surface area contributed by atoms with Crippen LogP contribution in [-0.4, -0.2) is 50.2 Å². The molecule has 0 spiro atoms. The van der Waals surface area contributed by atoms with Gasteiger partial charge in [0.1, 0.15) is 0 Å². The lowest BCUT2D eigenvalue weighted by molar-refractivity contribution is -0.141. The summed E-state index contributed by atoms with van der Waals surface area (Å²) < 4.78 is 5.63. The van der Waals surface area contributed by atoms with E-state index in [4.69, 9.17) is 4.74 Å². The molecule has 0 bridgehead atoms. The van der Waals surface area contributed by atoms with E-state index in [0.717, 1.165) is 63.7 Å². The van der Waals surface area contributed by atoms with E-state index in [0.29, 0.717) is 19.1 Å². The lowest BCUT2D eigenvalue weighted by Crippen LogP contribution is -2.50. The number of benzene rings is 1. The van der Waals surface area contributed by atoms with E-state index >= 15 is 0 Å².